The first-order chi connectivity index (χ1) is 7.24. The third kappa shape index (κ3) is 2.59. The first-order valence-electron chi connectivity index (χ1n) is 4.58. The fourth-order valence-corrected chi connectivity index (χ4v) is 1.24. The largest absolute Gasteiger partial charge is 0.491 e. The smallest absolute Gasteiger partial charge is 0.282 e. The Morgan fingerprint density at radius 1 is 1.47 bits per heavy atom. The summed E-state index contributed by atoms with van der Waals surface area (Å²) < 4.78 is 22.9. The van der Waals surface area contributed by atoms with E-state index < -0.39 is 0 Å². The van der Waals surface area contributed by atoms with Crippen LogP contribution in [0.1, 0.15) is 0 Å². The lowest BCUT2D eigenvalue weighted by Crippen LogP contribution is -2.17. The molecule has 0 radical (unpaired) electrons. The molecule has 1 aliphatic rings. The van der Waals surface area contributed by atoms with Crippen molar-refractivity contribution in [2.45, 2.75) is 6.04 Å². The van der Waals surface area contributed by atoms with E-state index in [2.05, 4.69) is 4.99 Å². The Kier molecular flexibility index (Phi) is 2.71. The number of nitrogens with two attached hydrogens (primary N) is 1. The maximum atomic E-state index is 12.6. The average Bonchev–Trinajstić information content (AvgIpc) is 2.64. The molecule has 0 amide bonds. The van der Waals surface area contributed by atoms with Gasteiger partial charge in [-0.05, 0) is 24.3 Å². The summed E-state index contributed by atoms with van der Waals surface area (Å²) in [4.78, 5) is 3.99. The molecule has 15 heavy (non-hydrogen) atoms. The molecule has 80 valence electrons. The molecule has 2 rings (SSSR count). The molecule has 0 spiro atoms. The Morgan fingerprint density at radius 2 is 2.20 bits per heavy atom. The van der Waals surface area contributed by atoms with Gasteiger partial charge in [0.2, 0.25) is 0 Å². The van der Waals surface area contributed by atoms with Crippen molar-refractivity contribution in [1.82, 2.24) is 0 Å². The van der Waals surface area contributed by atoms with Crippen molar-refractivity contribution in [2.75, 3.05) is 13.2 Å². The Labute approximate surface area is 86.5 Å². The number of benzene rings is 1. The number of aliphatic imine (C=N–C) groups is 1. The molecule has 1 aliphatic heterocycles. The van der Waals surface area contributed by atoms with Crippen molar-refractivity contribution in [1.29, 1.82) is 0 Å². The van der Waals surface area contributed by atoms with Gasteiger partial charge in [-0.3, -0.25) is 0 Å². The summed E-state index contributed by atoms with van der Waals surface area (Å²) in [5.41, 5.74) is 5.34. The van der Waals surface area contributed by atoms with Crippen molar-refractivity contribution < 1.29 is 13.9 Å². The second kappa shape index (κ2) is 4.16. The molecule has 1 heterocycles. The highest BCUT2D eigenvalue weighted by Crippen LogP contribution is 2.12. The minimum Gasteiger partial charge on any atom is -0.491 e. The molecule has 2 N–H and O–H groups in total. The van der Waals surface area contributed by atoms with Crippen LogP contribution in [-0.2, 0) is 4.74 Å². The summed E-state index contributed by atoms with van der Waals surface area (Å²) in [5.74, 6) is 0.325. The number of amidine groups is 1. The van der Waals surface area contributed by atoms with Gasteiger partial charge < -0.3 is 15.2 Å². The summed E-state index contributed by atoms with van der Waals surface area (Å²) in [5, 5.41) is 0. The zero-order valence-electron chi connectivity index (χ0n) is 8.02. The number of ether oxygens (including phenoxy) is 2. The van der Waals surface area contributed by atoms with Gasteiger partial charge in [0.15, 0.2) is 0 Å². The minimum atomic E-state index is -0.284. The van der Waals surface area contributed by atoms with Crippen LogP contribution in [0.2, 0.25) is 0 Å². The number of halogens is 1. The standard InChI is InChI=1S/C10H11FN2O2/c11-7-1-3-9(4-2-7)14-5-8-6-15-10(12)13-8/h1-4,8H,5-6H2,(H2,12,13)/t8-/m0/s1. The van der Waals surface area contributed by atoms with Gasteiger partial charge in [0.25, 0.3) is 6.02 Å². The van der Waals surface area contributed by atoms with Crippen molar-refractivity contribution in [3.8, 4) is 5.75 Å². The van der Waals surface area contributed by atoms with E-state index in [1.807, 2.05) is 0 Å². The molecule has 0 bridgehead atoms. The molecule has 0 saturated carbocycles. The van der Waals surface area contributed by atoms with E-state index >= 15 is 0 Å². The van der Waals surface area contributed by atoms with E-state index in [-0.39, 0.29) is 17.9 Å². The van der Waals surface area contributed by atoms with Crippen molar-refractivity contribution >= 4 is 6.02 Å². The van der Waals surface area contributed by atoms with Gasteiger partial charge in [-0.1, -0.05) is 0 Å². The first kappa shape index (κ1) is 9.76. The average molecular weight is 210 g/mol. The third-order valence-corrected chi connectivity index (χ3v) is 1.99. The summed E-state index contributed by atoms with van der Waals surface area (Å²) in [6, 6.07) is 5.95. The normalized spacial score (nSPS) is 19.5. The monoisotopic (exact) mass is 210 g/mol. The molecule has 1 aromatic rings. The molecule has 5 heteroatoms. The van der Waals surface area contributed by atoms with Gasteiger partial charge >= 0.3 is 0 Å². The third-order valence-electron chi connectivity index (χ3n) is 1.99. The van der Waals surface area contributed by atoms with Gasteiger partial charge in [0, 0.05) is 0 Å². The van der Waals surface area contributed by atoms with Crippen LogP contribution < -0.4 is 10.5 Å². The Hall–Kier alpha value is -1.78. The molecule has 4 nitrogen and oxygen atoms in total. The number of hydrogen-bond acceptors (Lipinski definition) is 4. The van der Waals surface area contributed by atoms with Crippen LogP contribution in [0.15, 0.2) is 29.3 Å². The van der Waals surface area contributed by atoms with Crippen LogP contribution in [-0.4, -0.2) is 25.3 Å². The SMILES string of the molecule is NC1=N[C@@H](COc2ccc(F)cc2)CO1. The lowest BCUT2D eigenvalue weighted by molar-refractivity contribution is 0.241. The van der Waals surface area contributed by atoms with Crippen molar-refractivity contribution in [3.05, 3.63) is 30.1 Å². The van der Waals surface area contributed by atoms with Crippen LogP contribution >= 0.6 is 0 Å². The summed E-state index contributed by atoms with van der Waals surface area (Å²) in [7, 11) is 0. The van der Waals surface area contributed by atoms with E-state index in [1.54, 1.807) is 12.1 Å². The Bertz CT molecular complexity index is 364. The molecule has 1 aromatic carbocycles. The van der Waals surface area contributed by atoms with E-state index in [1.165, 1.54) is 12.1 Å². The van der Waals surface area contributed by atoms with E-state index in [9.17, 15) is 4.39 Å². The molecule has 0 unspecified atom stereocenters. The molecular weight excluding hydrogens is 199 g/mol. The van der Waals surface area contributed by atoms with Gasteiger partial charge in [-0.15, -0.1) is 0 Å². The Balaban J connectivity index is 1.86. The van der Waals surface area contributed by atoms with Gasteiger partial charge in [0.1, 0.15) is 30.8 Å². The summed E-state index contributed by atoms with van der Waals surface area (Å²) in [6.45, 7) is 0.819. The quantitative estimate of drug-likeness (QED) is 0.807. The fraction of sp³-hybridized carbons (Fsp3) is 0.300. The van der Waals surface area contributed by atoms with Crippen LogP contribution in [0, 0.1) is 5.82 Å². The van der Waals surface area contributed by atoms with E-state index in [0.717, 1.165) is 0 Å². The van der Waals surface area contributed by atoms with Crippen LogP contribution in [0.25, 0.3) is 0 Å². The molecule has 0 aromatic heterocycles. The van der Waals surface area contributed by atoms with Gasteiger partial charge in [-0.2, -0.15) is 0 Å². The highest BCUT2D eigenvalue weighted by Gasteiger charge is 2.16. The second-order valence-electron chi connectivity index (χ2n) is 3.20. The van der Waals surface area contributed by atoms with Crippen molar-refractivity contribution in [2.24, 2.45) is 10.7 Å². The molecule has 0 saturated heterocycles. The van der Waals surface area contributed by atoms with Crippen LogP contribution in [0.3, 0.4) is 0 Å². The highest BCUT2D eigenvalue weighted by atomic mass is 19.1. The molecule has 0 aliphatic carbocycles. The number of hydrogen-bond donors (Lipinski definition) is 1. The van der Waals surface area contributed by atoms with Crippen molar-refractivity contribution in [3.63, 3.8) is 0 Å². The lowest BCUT2D eigenvalue weighted by Gasteiger charge is -2.07. The Morgan fingerprint density at radius 3 is 2.80 bits per heavy atom. The maximum absolute atomic E-state index is 12.6. The number of nitrogens with zero attached hydrogens (tertiary/aromatic N) is 1. The fourth-order valence-electron chi connectivity index (χ4n) is 1.24. The van der Waals surface area contributed by atoms with Gasteiger partial charge in [0.05, 0.1) is 0 Å². The van der Waals surface area contributed by atoms with E-state index in [0.29, 0.717) is 19.0 Å². The lowest BCUT2D eigenvalue weighted by atomic mass is 10.3. The molecular formula is C10H11FN2O2. The van der Waals surface area contributed by atoms with E-state index in [4.69, 9.17) is 15.2 Å². The predicted octanol–water partition coefficient (Wildman–Crippen LogP) is 0.918. The zero-order chi connectivity index (χ0) is 10.7. The highest BCUT2D eigenvalue weighted by molar-refractivity contribution is 5.73. The summed E-state index contributed by atoms with van der Waals surface area (Å²) in [6.07, 6.45) is 0. The summed E-state index contributed by atoms with van der Waals surface area (Å²) >= 11 is 0. The van der Waals surface area contributed by atoms with Gasteiger partial charge in [-0.25, -0.2) is 9.38 Å². The minimum absolute atomic E-state index is 0.0740. The topological polar surface area (TPSA) is 56.8 Å². The first-order valence-corrected chi connectivity index (χ1v) is 4.58. The maximum Gasteiger partial charge on any atom is 0.282 e. The zero-order valence-corrected chi connectivity index (χ0v) is 8.02. The number of rotatable bonds is 3. The van der Waals surface area contributed by atoms with Crippen LogP contribution in [0.4, 0.5) is 4.39 Å². The molecule has 0 fully saturated rings. The van der Waals surface area contributed by atoms with Crippen LogP contribution in [0.5, 0.6) is 5.75 Å². The second-order valence-corrected chi connectivity index (χ2v) is 3.20. The molecule has 1 atom stereocenters. The predicted molar refractivity (Wildman–Crippen MR) is 53.3 cm³/mol.